The Bertz CT molecular complexity index is 1130. The zero-order chi connectivity index (χ0) is 22.6. The second kappa shape index (κ2) is 7.67. The molecule has 0 spiro atoms. The largest absolute Gasteiger partial charge is 0.375 e. The summed E-state index contributed by atoms with van der Waals surface area (Å²) in [6.07, 6.45) is 4.29. The van der Waals surface area contributed by atoms with E-state index < -0.39 is 5.60 Å². The van der Waals surface area contributed by atoms with Gasteiger partial charge in [-0.3, -0.25) is 19.5 Å². The van der Waals surface area contributed by atoms with E-state index in [4.69, 9.17) is 4.98 Å². The maximum atomic E-state index is 13.2. The maximum absolute atomic E-state index is 13.2. The van der Waals surface area contributed by atoms with Crippen LogP contribution in [-0.2, 0) is 16.0 Å². The molecule has 0 bridgehead atoms. The number of nitrogens with zero attached hydrogens (tertiary/aromatic N) is 3. The fourth-order valence-corrected chi connectivity index (χ4v) is 5.78. The Morgan fingerprint density at radius 1 is 1.25 bits per heavy atom. The summed E-state index contributed by atoms with van der Waals surface area (Å²) in [7, 11) is 1.52. The third-order valence-electron chi connectivity index (χ3n) is 7.73. The summed E-state index contributed by atoms with van der Waals surface area (Å²) in [6.45, 7) is 5.36. The highest BCUT2D eigenvalue weighted by Gasteiger charge is 2.51. The predicted octanol–water partition coefficient (Wildman–Crippen LogP) is 2.30. The summed E-state index contributed by atoms with van der Waals surface area (Å²) in [5, 5.41) is 16.1. The van der Waals surface area contributed by atoms with Crippen molar-refractivity contribution >= 4 is 22.6 Å². The van der Waals surface area contributed by atoms with Gasteiger partial charge in [-0.1, -0.05) is 18.2 Å². The van der Waals surface area contributed by atoms with Crippen LogP contribution in [0.5, 0.6) is 0 Å². The standard InChI is InChI=1S/C25H30N4O3/c1-15-16(2)29(24(31)25(15,32)14-21(30)26-3)19-8-11-28(12-9-19)20-13-18-6-4-5-17-7-10-27-23(20)22(17)18/h4-7,10,19-20,32H,8-9,11-14H2,1-3H3,(H,26,30). The van der Waals surface area contributed by atoms with E-state index in [1.165, 1.54) is 29.1 Å². The van der Waals surface area contributed by atoms with E-state index in [2.05, 4.69) is 34.5 Å². The molecule has 2 N–H and O–H groups in total. The average Bonchev–Trinajstić information content (AvgIpc) is 3.26. The van der Waals surface area contributed by atoms with Gasteiger partial charge in [0.1, 0.15) is 0 Å². The zero-order valence-corrected chi connectivity index (χ0v) is 18.9. The summed E-state index contributed by atoms with van der Waals surface area (Å²) in [6, 6.07) is 8.84. The lowest BCUT2D eigenvalue weighted by atomic mass is 9.91. The number of nitrogens with one attached hydrogen (secondary N) is 1. The minimum absolute atomic E-state index is 0.0277. The molecular weight excluding hydrogens is 404 g/mol. The van der Waals surface area contributed by atoms with Crippen LogP contribution in [0.1, 0.15) is 50.4 Å². The molecular formula is C25H30N4O3. The van der Waals surface area contributed by atoms with Gasteiger partial charge in [0.05, 0.1) is 18.2 Å². The highest BCUT2D eigenvalue weighted by atomic mass is 16.3. The van der Waals surface area contributed by atoms with E-state index in [-0.39, 0.29) is 30.3 Å². The van der Waals surface area contributed by atoms with E-state index >= 15 is 0 Å². The number of likely N-dealkylation sites (tertiary alicyclic amines) is 1. The number of rotatable bonds is 4. The number of aliphatic hydroxyl groups is 1. The number of benzene rings is 1. The van der Waals surface area contributed by atoms with Crippen molar-refractivity contribution in [2.75, 3.05) is 20.1 Å². The van der Waals surface area contributed by atoms with Crippen LogP contribution in [-0.4, -0.2) is 63.5 Å². The Kier molecular flexibility index (Phi) is 5.06. The number of allylic oxidation sites excluding steroid dienone is 1. The SMILES string of the molecule is CNC(=O)CC1(O)C(=O)N(C2CCN(C3Cc4cccc5ccnc3c45)CC2)C(C)=C1C. The van der Waals surface area contributed by atoms with Gasteiger partial charge in [-0.25, -0.2) is 0 Å². The smallest absolute Gasteiger partial charge is 0.263 e. The van der Waals surface area contributed by atoms with Crippen LogP contribution in [0, 0.1) is 0 Å². The lowest BCUT2D eigenvalue weighted by molar-refractivity contribution is -0.148. The van der Waals surface area contributed by atoms with Crippen molar-refractivity contribution in [3.63, 3.8) is 0 Å². The quantitative estimate of drug-likeness (QED) is 0.771. The van der Waals surface area contributed by atoms with Gasteiger partial charge in [-0.15, -0.1) is 0 Å². The van der Waals surface area contributed by atoms with Crippen molar-refractivity contribution in [1.82, 2.24) is 20.1 Å². The molecule has 1 aliphatic carbocycles. The molecule has 0 radical (unpaired) electrons. The Morgan fingerprint density at radius 3 is 2.72 bits per heavy atom. The molecule has 1 saturated heterocycles. The van der Waals surface area contributed by atoms with Crippen LogP contribution in [0.4, 0.5) is 0 Å². The van der Waals surface area contributed by atoms with Crippen molar-refractivity contribution in [2.24, 2.45) is 0 Å². The highest BCUT2D eigenvalue weighted by Crippen LogP contribution is 2.42. The first-order valence-corrected chi connectivity index (χ1v) is 11.4. The minimum Gasteiger partial charge on any atom is -0.375 e. The molecule has 2 atom stereocenters. The van der Waals surface area contributed by atoms with E-state index in [0.29, 0.717) is 5.57 Å². The van der Waals surface area contributed by atoms with E-state index in [1.54, 1.807) is 11.8 Å². The number of aromatic nitrogens is 1. The number of amides is 2. The summed E-state index contributed by atoms with van der Waals surface area (Å²) < 4.78 is 0. The summed E-state index contributed by atoms with van der Waals surface area (Å²) in [5.74, 6) is -0.707. The molecule has 3 heterocycles. The van der Waals surface area contributed by atoms with Gasteiger partial charge >= 0.3 is 0 Å². The monoisotopic (exact) mass is 434 g/mol. The second-order valence-electron chi connectivity index (χ2n) is 9.29. The minimum atomic E-state index is -1.74. The fourth-order valence-electron chi connectivity index (χ4n) is 5.78. The molecule has 2 unspecified atom stereocenters. The molecule has 0 saturated carbocycles. The van der Waals surface area contributed by atoms with Crippen molar-refractivity contribution in [2.45, 2.75) is 57.2 Å². The Morgan fingerprint density at radius 2 is 2.00 bits per heavy atom. The van der Waals surface area contributed by atoms with Gasteiger partial charge in [0.15, 0.2) is 5.60 Å². The number of pyridine rings is 1. The third-order valence-corrected chi connectivity index (χ3v) is 7.73. The van der Waals surface area contributed by atoms with Gasteiger partial charge in [0.25, 0.3) is 5.91 Å². The summed E-state index contributed by atoms with van der Waals surface area (Å²) in [5.41, 5.74) is 2.14. The topological polar surface area (TPSA) is 85.8 Å². The lowest BCUT2D eigenvalue weighted by Gasteiger charge is -2.40. The number of carbonyl (C=O) groups is 2. The van der Waals surface area contributed by atoms with E-state index in [9.17, 15) is 14.7 Å². The Hall–Kier alpha value is -2.77. The number of hydrogen-bond acceptors (Lipinski definition) is 5. The molecule has 3 aliphatic rings. The Balaban J connectivity index is 1.31. The van der Waals surface area contributed by atoms with Crippen LogP contribution in [0.3, 0.4) is 0 Å². The van der Waals surface area contributed by atoms with Crippen molar-refractivity contribution in [1.29, 1.82) is 0 Å². The van der Waals surface area contributed by atoms with Crippen LogP contribution >= 0.6 is 0 Å². The number of hydrogen-bond donors (Lipinski definition) is 2. The van der Waals surface area contributed by atoms with Gasteiger partial charge in [0.2, 0.25) is 5.91 Å². The molecule has 1 fully saturated rings. The second-order valence-corrected chi connectivity index (χ2v) is 9.29. The molecule has 2 aromatic rings. The summed E-state index contributed by atoms with van der Waals surface area (Å²) >= 11 is 0. The fraction of sp³-hybridized carbons (Fsp3) is 0.480. The van der Waals surface area contributed by atoms with Crippen molar-refractivity contribution < 1.29 is 14.7 Å². The van der Waals surface area contributed by atoms with Crippen LogP contribution in [0.2, 0.25) is 0 Å². The molecule has 168 valence electrons. The molecule has 32 heavy (non-hydrogen) atoms. The van der Waals surface area contributed by atoms with Gasteiger partial charge in [-0.2, -0.15) is 0 Å². The first kappa shape index (κ1) is 21.1. The first-order valence-electron chi connectivity index (χ1n) is 11.4. The number of piperidine rings is 1. The summed E-state index contributed by atoms with van der Waals surface area (Å²) in [4.78, 5) is 34.2. The molecule has 1 aromatic heterocycles. The number of carbonyl (C=O) groups excluding carboxylic acids is 2. The van der Waals surface area contributed by atoms with Gasteiger partial charge in [0, 0.05) is 43.5 Å². The van der Waals surface area contributed by atoms with Crippen molar-refractivity contribution in [3.8, 4) is 0 Å². The molecule has 7 nitrogen and oxygen atoms in total. The third kappa shape index (κ3) is 3.06. The van der Waals surface area contributed by atoms with Crippen molar-refractivity contribution in [3.05, 3.63) is 53.0 Å². The predicted molar refractivity (Wildman–Crippen MR) is 122 cm³/mol. The first-order chi connectivity index (χ1) is 15.3. The van der Waals surface area contributed by atoms with E-state index in [1.807, 2.05) is 13.1 Å². The van der Waals surface area contributed by atoms with Crippen LogP contribution in [0.25, 0.3) is 10.8 Å². The highest BCUT2D eigenvalue weighted by molar-refractivity contribution is 5.97. The van der Waals surface area contributed by atoms with Crippen LogP contribution in [0.15, 0.2) is 41.7 Å². The lowest BCUT2D eigenvalue weighted by Crippen LogP contribution is -2.51. The van der Waals surface area contributed by atoms with E-state index in [0.717, 1.165) is 38.0 Å². The molecule has 2 aliphatic heterocycles. The maximum Gasteiger partial charge on any atom is 0.263 e. The molecule has 1 aromatic carbocycles. The molecule has 7 heteroatoms. The molecule has 5 rings (SSSR count). The average molecular weight is 435 g/mol. The van der Waals surface area contributed by atoms with Gasteiger partial charge in [-0.05, 0) is 55.7 Å². The van der Waals surface area contributed by atoms with Gasteiger partial charge < -0.3 is 15.3 Å². The zero-order valence-electron chi connectivity index (χ0n) is 18.9. The normalized spacial score (nSPS) is 26.4. The molecule has 2 amide bonds. The Labute approximate surface area is 188 Å². The van der Waals surface area contributed by atoms with Crippen LogP contribution < -0.4 is 5.32 Å².